The summed E-state index contributed by atoms with van der Waals surface area (Å²) in [6, 6.07) is 7.81. The van der Waals surface area contributed by atoms with Crippen LogP contribution < -0.4 is 10.1 Å². The molecular formula is C18H22N2O4S. The number of epoxide rings is 1. The summed E-state index contributed by atoms with van der Waals surface area (Å²) in [6.07, 6.45) is 1.59. The van der Waals surface area contributed by atoms with Crippen LogP contribution in [-0.4, -0.2) is 36.0 Å². The minimum atomic E-state index is -0.502. The average molecular weight is 362 g/mol. The maximum absolute atomic E-state index is 11.7. The Morgan fingerprint density at radius 1 is 1.36 bits per heavy atom. The largest absolute Gasteiger partial charge is 0.491 e. The van der Waals surface area contributed by atoms with Crippen LogP contribution in [0.15, 0.2) is 30.5 Å². The number of benzene rings is 1. The molecule has 0 saturated carbocycles. The number of carbonyl (C=O) groups is 1. The Hall–Kier alpha value is -2.12. The lowest BCUT2D eigenvalue weighted by Crippen LogP contribution is -2.31. The number of carbonyl (C=O) groups excluding carboxylic acids is 1. The molecule has 1 unspecified atom stereocenters. The number of rotatable bonds is 6. The molecule has 1 N–H and O–H groups in total. The van der Waals surface area contributed by atoms with Gasteiger partial charge in [-0.25, -0.2) is 9.78 Å². The summed E-state index contributed by atoms with van der Waals surface area (Å²) in [4.78, 5) is 17.1. The predicted molar refractivity (Wildman–Crippen MR) is 95.9 cm³/mol. The van der Waals surface area contributed by atoms with Gasteiger partial charge in [0.15, 0.2) is 0 Å². The van der Waals surface area contributed by atoms with Crippen molar-refractivity contribution < 1.29 is 19.0 Å². The van der Waals surface area contributed by atoms with E-state index in [2.05, 4.69) is 10.3 Å². The Labute approximate surface area is 151 Å². The molecule has 2 aromatic rings. The fourth-order valence-corrected chi connectivity index (χ4v) is 2.90. The number of hydrogen-bond donors (Lipinski definition) is 1. The Morgan fingerprint density at radius 3 is 2.72 bits per heavy atom. The third-order valence-corrected chi connectivity index (χ3v) is 4.35. The summed E-state index contributed by atoms with van der Waals surface area (Å²) in [7, 11) is 0. The lowest BCUT2D eigenvalue weighted by molar-refractivity contribution is 0.0524. The molecule has 134 valence electrons. The Morgan fingerprint density at radius 2 is 2.08 bits per heavy atom. The summed E-state index contributed by atoms with van der Waals surface area (Å²) >= 11 is 1.54. The SMILES string of the molecule is CC(C)(C)OC(=O)NCc1cnc(-c2ccc(OCC3CO3)cc2)s1. The number of nitrogens with zero attached hydrogens (tertiary/aromatic N) is 1. The number of hydrogen-bond acceptors (Lipinski definition) is 6. The van der Waals surface area contributed by atoms with Crippen molar-refractivity contribution in [3.8, 4) is 16.3 Å². The van der Waals surface area contributed by atoms with Gasteiger partial charge >= 0.3 is 6.09 Å². The van der Waals surface area contributed by atoms with Crippen LogP contribution in [0.4, 0.5) is 4.79 Å². The first-order valence-electron chi connectivity index (χ1n) is 8.15. The van der Waals surface area contributed by atoms with Gasteiger partial charge in [0, 0.05) is 16.6 Å². The van der Waals surface area contributed by atoms with Crippen molar-refractivity contribution in [2.75, 3.05) is 13.2 Å². The molecule has 1 aromatic heterocycles. The van der Waals surface area contributed by atoms with E-state index in [1.165, 1.54) is 11.3 Å². The molecule has 6 nitrogen and oxygen atoms in total. The highest BCUT2D eigenvalue weighted by Gasteiger charge is 2.23. The van der Waals surface area contributed by atoms with E-state index in [1.54, 1.807) is 6.20 Å². The molecular weight excluding hydrogens is 340 g/mol. The molecule has 7 heteroatoms. The summed E-state index contributed by atoms with van der Waals surface area (Å²) in [5.41, 5.74) is 0.516. The molecule has 3 rings (SSSR count). The number of aromatic nitrogens is 1. The highest BCUT2D eigenvalue weighted by molar-refractivity contribution is 7.15. The van der Waals surface area contributed by atoms with E-state index in [1.807, 2.05) is 45.0 Å². The van der Waals surface area contributed by atoms with Crippen LogP contribution in [0.5, 0.6) is 5.75 Å². The van der Waals surface area contributed by atoms with Crippen LogP contribution in [0.1, 0.15) is 25.6 Å². The maximum atomic E-state index is 11.7. The second-order valence-corrected chi connectivity index (χ2v) is 7.89. The summed E-state index contributed by atoms with van der Waals surface area (Å²) < 4.78 is 16.0. The lowest BCUT2D eigenvalue weighted by atomic mass is 10.2. The van der Waals surface area contributed by atoms with E-state index in [0.717, 1.165) is 27.8 Å². The smallest absolute Gasteiger partial charge is 0.407 e. The van der Waals surface area contributed by atoms with Crippen LogP contribution in [0.3, 0.4) is 0 Å². The van der Waals surface area contributed by atoms with Crippen molar-refractivity contribution in [2.45, 2.75) is 39.0 Å². The van der Waals surface area contributed by atoms with E-state index in [4.69, 9.17) is 14.2 Å². The van der Waals surface area contributed by atoms with E-state index >= 15 is 0 Å². The molecule has 1 aliphatic heterocycles. The van der Waals surface area contributed by atoms with Crippen molar-refractivity contribution in [1.29, 1.82) is 0 Å². The normalized spacial score (nSPS) is 16.4. The van der Waals surface area contributed by atoms with E-state index < -0.39 is 11.7 Å². The molecule has 1 amide bonds. The van der Waals surface area contributed by atoms with Crippen molar-refractivity contribution in [3.63, 3.8) is 0 Å². The minimum Gasteiger partial charge on any atom is -0.491 e. The highest BCUT2D eigenvalue weighted by Crippen LogP contribution is 2.27. The molecule has 1 atom stereocenters. The van der Waals surface area contributed by atoms with Crippen molar-refractivity contribution >= 4 is 17.4 Å². The Balaban J connectivity index is 1.52. The van der Waals surface area contributed by atoms with Gasteiger partial charge in [-0.1, -0.05) is 0 Å². The molecule has 1 aromatic carbocycles. The first-order valence-corrected chi connectivity index (χ1v) is 8.97. The van der Waals surface area contributed by atoms with Gasteiger partial charge in [-0.15, -0.1) is 11.3 Å². The zero-order valence-corrected chi connectivity index (χ0v) is 15.4. The molecule has 1 fully saturated rings. The first-order chi connectivity index (χ1) is 11.9. The fraction of sp³-hybridized carbons (Fsp3) is 0.444. The molecule has 25 heavy (non-hydrogen) atoms. The van der Waals surface area contributed by atoms with Crippen molar-refractivity contribution in [3.05, 3.63) is 35.3 Å². The van der Waals surface area contributed by atoms with Crippen LogP contribution in [0.25, 0.3) is 10.6 Å². The van der Waals surface area contributed by atoms with Gasteiger partial charge in [-0.3, -0.25) is 0 Å². The molecule has 1 aliphatic rings. The Bertz CT molecular complexity index is 717. The zero-order chi connectivity index (χ0) is 17.9. The summed E-state index contributed by atoms with van der Waals surface area (Å²) in [5.74, 6) is 0.822. The molecule has 0 aliphatic carbocycles. The number of nitrogens with one attached hydrogen (secondary N) is 1. The van der Waals surface area contributed by atoms with Gasteiger partial charge in [0.2, 0.25) is 0 Å². The Kier molecular flexibility index (Phi) is 5.24. The quantitative estimate of drug-likeness (QED) is 0.795. The molecule has 1 saturated heterocycles. The fourth-order valence-electron chi connectivity index (χ4n) is 2.04. The average Bonchev–Trinajstić information content (AvgIpc) is 3.26. The third-order valence-electron chi connectivity index (χ3n) is 3.30. The van der Waals surface area contributed by atoms with Gasteiger partial charge < -0.3 is 19.5 Å². The monoisotopic (exact) mass is 362 g/mol. The van der Waals surface area contributed by atoms with Gasteiger partial charge in [0.25, 0.3) is 0 Å². The first kappa shape index (κ1) is 17.7. The highest BCUT2D eigenvalue weighted by atomic mass is 32.1. The molecule has 2 heterocycles. The van der Waals surface area contributed by atoms with E-state index in [-0.39, 0.29) is 6.10 Å². The number of alkyl carbamates (subject to hydrolysis) is 1. The van der Waals surface area contributed by atoms with Gasteiger partial charge in [0.05, 0.1) is 13.2 Å². The summed E-state index contributed by atoms with van der Waals surface area (Å²) in [6.45, 7) is 7.29. The van der Waals surface area contributed by atoms with Crippen LogP contribution in [-0.2, 0) is 16.0 Å². The second-order valence-electron chi connectivity index (χ2n) is 6.78. The van der Waals surface area contributed by atoms with Gasteiger partial charge in [-0.2, -0.15) is 0 Å². The predicted octanol–water partition coefficient (Wildman–Crippen LogP) is 3.61. The van der Waals surface area contributed by atoms with Crippen molar-refractivity contribution in [2.24, 2.45) is 0 Å². The zero-order valence-electron chi connectivity index (χ0n) is 14.6. The third kappa shape index (κ3) is 5.72. The second kappa shape index (κ2) is 7.41. The number of amides is 1. The minimum absolute atomic E-state index is 0.249. The standard InChI is InChI=1S/C18H22N2O4S/c1-18(2,3)24-17(21)20-9-15-8-19-16(25-15)12-4-6-13(7-5-12)22-10-14-11-23-14/h4-8,14H,9-11H2,1-3H3,(H,20,21). The molecule has 0 spiro atoms. The van der Waals surface area contributed by atoms with Crippen LogP contribution in [0.2, 0.25) is 0 Å². The molecule has 0 radical (unpaired) electrons. The van der Waals surface area contributed by atoms with Gasteiger partial charge in [-0.05, 0) is 45.0 Å². The van der Waals surface area contributed by atoms with Gasteiger partial charge in [0.1, 0.15) is 29.1 Å². The molecule has 0 bridgehead atoms. The maximum Gasteiger partial charge on any atom is 0.407 e. The lowest BCUT2D eigenvalue weighted by Gasteiger charge is -2.19. The van der Waals surface area contributed by atoms with Crippen LogP contribution in [0, 0.1) is 0 Å². The van der Waals surface area contributed by atoms with Crippen LogP contribution >= 0.6 is 11.3 Å². The van der Waals surface area contributed by atoms with E-state index in [0.29, 0.717) is 13.2 Å². The number of thiazole rings is 1. The topological polar surface area (TPSA) is 73.0 Å². The van der Waals surface area contributed by atoms with E-state index in [9.17, 15) is 4.79 Å². The summed E-state index contributed by atoms with van der Waals surface area (Å²) in [5, 5.41) is 3.64. The number of ether oxygens (including phenoxy) is 3. The van der Waals surface area contributed by atoms with Crippen molar-refractivity contribution in [1.82, 2.24) is 10.3 Å².